The number of nitrogen functional groups attached to an aromatic ring is 1. The molecule has 0 unspecified atom stereocenters. The van der Waals surface area contributed by atoms with Gasteiger partial charge in [0.15, 0.2) is 0 Å². The van der Waals surface area contributed by atoms with E-state index in [0.29, 0.717) is 5.95 Å². The van der Waals surface area contributed by atoms with E-state index in [4.69, 9.17) is 5.73 Å². The molecule has 0 bridgehead atoms. The number of nitrogens with two attached hydrogens (primary N) is 1. The summed E-state index contributed by atoms with van der Waals surface area (Å²) >= 11 is 0. The van der Waals surface area contributed by atoms with Gasteiger partial charge in [0.25, 0.3) is 0 Å². The molecule has 112 valence electrons. The first kappa shape index (κ1) is 13.9. The highest BCUT2D eigenvalue weighted by Gasteiger charge is 2.05. The van der Waals surface area contributed by atoms with E-state index < -0.39 is 0 Å². The van der Waals surface area contributed by atoms with E-state index in [1.54, 1.807) is 17.2 Å². The molecular formula is C15H17N7. The summed E-state index contributed by atoms with van der Waals surface area (Å²) in [7, 11) is 3.89. The van der Waals surface area contributed by atoms with Gasteiger partial charge in [0, 0.05) is 37.7 Å². The Morgan fingerprint density at radius 3 is 2.59 bits per heavy atom. The molecule has 0 aliphatic carbocycles. The van der Waals surface area contributed by atoms with E-state index in [1.165, 1.54) is 0 Å². The number of nitrogens with one attached hydrogen (secondary N) is 1. The summed E-state index contributed by atoms with van der Waals surface area (Å²) in [5.74, 6) is 1.38. The van der Waals surface area contributed by atoms with E-state index in [9.17, 15) is 0 Å². The maximum Gasteiger partial charge on any atom is 0.246 e. The average molecular weight is 295 g/mol. The molecule has 3 rings (SSSR count). The van der Waals surface area contributed by atoms with Crippen molar-refractivity contribution in [3.05, 3.63) is 48.9 Å². The molecule has 0 aliphatic heterocycles. The van der Waals surface area contributed by atoms with Crippen molar-refractivity contribution in [3.63, 3.8) is 0 Å². The molecule has 0 aliphatic rings. The third-order valence-corrected chi connectivity index (χ3v) is 3.11. The molecule has 0 saturated heterocycles. The second kappa shape index (κ2) is 5.72. The number of benzene rings is 1. The van der Waals surface area contributed by atoms with E-state index in [-0.39, 0.29) is 0 Å². The number of rotatable bonds is 4. The van der Waals surface area contributed by atoms with Crippen molar-refractivity contribution in [2.24, 2.45) is 0 Å². The number of aromatic nitrogens is 4. The quantitative estimate of drug-likeness (QED) is 0.717. The van der Waals surface area contributed by atoms with Crippen molar-refractivity contribution in [2.45, 2.75) is 0 Å². The fourth-order valence-electron chi connectivity index (χ4n) is 1.94. The SMILES string of the molecule is CN(C)c1cc(-n2cnc(Nc3ccc(N)cc3)n2)ccn1. The highest BCUT2D eigenvalue weighted by molar-refractivity contribution is 5.57. The number of hydrogen-bond acceptors (Lipinski definition) is 6. The van der Waals surface area contributed by atoms with E-state index in [2.05, 4.69) is 20.4 Å². The molecule has 7 nitrogen and oxygen atoms in total. The normalized spacial score (nSPS) is 10.5. The van der Waals surface area contributed by atoms with E-state index in [1.807, 2.05) is 55.4 Å². The number of anilines is 4. The van der Waals surface area contributed by atoms with Gasteiger partial charge in [-0.25, -0.2) is 9.67 Å². The van der Waals surface area contributed by atoms with Crippen LogP contribution in [-0.4, -0.2) is 33.8 Å². The van der Waals surface area contributed by atoms with Crippen LogP contribution in [0.5, 0.6) is 0 Å². The van der Waals surface area contributed by atoms with Gasteiger partial charge in [-0.05, 0) is 30.3 Å². The lowest BCUT2D eigenvalue weighted by atomic mass is 10.3. The lowest BCUT2D eigenvalue weighted by Crippen LogP contribution is -2.11. The van der Waals surface area contributed by atoms with Crippen molar-refractivity contribution in [1.82, 2.24) is 19.7 Å². The molecule has 3 aromatic rings. The number of pyridine rings is 1. The van der Waals surface area contributed by atoms with Crippen molar-refractivity contribution < 1.29 is 0 Å². The molecule has 0 amide bonds. The molecule has 0 fully saturated rings. The van der Waals surface area contributed by atoms with Crippen molar-refractivity contribution in [2.75, 3.05) is 30.0 Å². The Bertz CT molecular complexity index is 762. The van der Waals surface area contributed by atoms with Gasteiger partial charge < -0.3 is 16.0 Å². The zero-order valence-corrected chi connectivity index (χ0v) is 12.4. The molecule has 0 saturated carbocycles. The fourth-order valence-corrected chi connectivity index (χ4v) is 1.94. The lowest BCUT2D eigenvalue weighted by molar-refractivity contribution is 0.876. The van der Waals surface area contributed by atoms with E-state index in [0.717, 1.165) is 22.9 Å². The summed E-state index contributed by atoms with van der Waals surface area (Å²) < 4.78 is 1.70. The topological polar surface area (TPSA) is 84.9 Å². The van der Waals surface area contributed by atoms with Gasteiger partial charge in [0.05, 0.1) is 5.69 Å². The summed E-state index contributed by atoms with van der Waals surface area (Å²) in [5, 5.41) is 7.55. The summed E-state index contributed by atoms with van der Waals surface area (Å²) in [6, 6.07) is 11.2. The van der Waals surface area contributed by atoms with Crippen LogP contribution in [0.25, 0.3) is 5.69 Å². The van der Waals surface area contributed by atoms with Crippen LogP contribution in [0.4, 0.5) is 23.1 Å². The number of nitrogens with zero attached hydrogens (tertiary/aromatic N) is 5. The summed E-state index contributed by atoms with van der Waals surface area (Å²) in [6.45, 7) is 0. The van der Waals surface area contributed by atoms with Crippen molar-refractivity contribution in [1.29, 1.82) is 0 Å². The van der Waals surface area contributed by atoms with Crippen LogP contribution in [0, 0.1) is 0 Å². The Balaban J connectivity index is 1.81. The first-order valence-electron chi connectivity index (χ1n) is 6.80. The predicted molar refractivity (Wildman–Crippen MR) is 87.6 cm³/mol. The third kappa shape index (κ3) is 2.98. The summed E-state index contributed by atoms with van der Waals surface area (Å²) in [5.41, 5.74) is 8.17. The Morgan fingerprint density at radius 2 is 1.86 bits per heavy atom. The minimum absolute atomic E-state index is 0.521. The van der Waals surface area contributed by atoms with Gasteiger partial charge in [-0.1, -0.05) is 0 Å². The predicted octanol–water partition coefficient (Wildman–Crippen LogP) is 2.05. The Hall–Kier alpha value is -3.09. The molecule has 2 aromatic heterocycles. The summed E-state index contributed by atoms with van der Waals surface area (Å²) in [4.78, 5) is 10.5. The first-order valence-corrected chi connectivity index (χ1v) is 6.80. The van der Waals surface area contributed by atoms with Gasteiger partial charge in [-0.3, -0.25) is 0 Å². The molecule has 1 aromatic carbocycles. The highest BCUT2D eigenvalue weighted by atomic mass is 15.4. The van der Waals surface area contributed by atoms with Crippen LogP contribution >= 0.6 is 0 Å². The third-order valence-electron chi connectivity index (χ3n) is 3.11. The smallest absolute Gasteiger partial charge is 0.246 e. The maximum atomic E-state index is 5.67. The van der Waals surface area contributed by atoms with Gasteiger partial charge in [0.2, 0.25) is 5.95 Å². The van der Waals surface area contributed by atoms with Crippen LogP contribution in [0.2, 0.25) is 0 Å². The second-order valence-electron chi connectivity index (χ2n) is 5.03. The minimum atomic E-state index is 0.521. The van der Waals surface area contributed by atoms with Crippen LogP contribution in [-0.2, 0) is 0 Å². The standard InChI is InChI=1S/C15H17N7/c1-21(2)14-9-13(7-8-17-14)22-10-18-15(20-22)19-12-5-3-11(16)4-6-12/h3-10H,16H2,1-2H3,(H,19,20). The van der Waals surface area contributed by atoms with Crippen LogP contribution < -0.4 is 16.0 Å². The molecule has 7 heteroatoms. The van der Waals surface area contributed by atoms with Crippen LogP contribution in [0.3, 0.4) is 0 Å². The number of hydrogen-bond donors (Lipinski definition) is 2. The van der Waals surface area contributed by atoms with Gasteiger partial charge in [-0.15, -0.1) is 5.10 Å². The largest absolute Gasteiger partial charge is 0.399 e. The fraction of sp³-hybridized carbons (Fsp3) is 0.133. The van der Waals surface area contributed by atoms with Crippen molar-refractivity contribution >= 4 is 23.1 Å². The molecule has 0 atom stereocenters. The Kier molecular flexibility index (Phi) is 3.61. The van der Waals surface area contributed by atoms with Crippen LogP contribution in [0.15, 0.2) is 48.9 Å². The zero-order chi connectivity index (χ0) is 15.5. The van der Waals surface area contributed by atoms with Crippen LogP contribution in [0.1, 0.15) is 0 Å². The molecule has 22 heavy (non-hydrogen) atoms. The van der Waals surface area contributed by atoms with Crippen molar-refractivity contribution in [3.8, 4) is 5.69 Å². The van der Waals surface area contributed by atoms with Gasteiger partial charge in [-0.2, -0.15) is 4.98 Å². The minimum Gasteiger partial charge on any atom is -0.399 e. The monoisotopic (exact) mass is 295 g/mol. The lowest BCUT2D eigenvalue weighted by Gasteiger charge is -2.11. The summed E-state index contributed by atoms with van der Waals surface area (Å²) in [6.07, 6.45) is 3.41. The van der Waals surface area contributed by atoms with E-state index >= 15 is 0 Å². The Labute approximate surface area is 128 Å². The Morgan fingerprint density at radius 1 is 1.09 bits per heavy atom. The average Bonchev–Trinajstić information content (AvgIpc) is 2.98. The molecule has 0 spiro atoms. The van der Waals surface area contributed by atoms with Gasteiger partial charge >= 0.3 is 0 Å². The molecule has 2 heterocycles. The maximum absolute atomic E-state index is 5.67. The molecule has 0 radical (unpaired) electrons. The molecule has 3 N–H and O–H groups in total. The first-order chi connectivity index (χ1) is 10.6. The highest BCUT2D eigenvalue weighted by Crippen LogP contribution is 2.17. The second-order valence-corrected chi connectivity index (χ2v) is 5.03. The van der Waals surface area contributed by atoms with Gasteiger partial charge in [0.1, 0.15) is 12.1 Å². The molecular weight excluding hydrogens is 278 g/mol. The zero-order valence-electron chi connectivity index (χ0n) is 12.4.